The molecule has 50 heavy (non-hydrogen) atoms. The lowest BCUT2D eigenvalue weighted by Crippen LogP contribution is -2.48. The quantitative estimate of drug-likeness (QED) is 0.114. The predicted octanol–water partition coefficient (Wildman–Crippen LogP) is 7.07. The van der Waals surface area contributed by atoms with Crippen LogP contribution in [0.5, 0.6) is 0 Å². The maximum Gasteiger partial charge on any atom is 0.417 e. The van der Waals surface area contributed by atoms with Crippen LogP contribution in [0.25, 0.3) is 11.1 Å². The topological polar surface area (TPSA) is 119 Å². The van der Waals surface area contributed by atoms with Gasteiger partial charge < -0.3 is 28.8 Å². The monoisotopic (exact) mass is 683 g/mol. The molecule has 2 N–H and O–H groups in total. The molecule has 0 saturated carbocycles. The number of carbonyl (C=O) groups excluding carboxylic acids is 2. The van der Waals surface area contributed by atoms with Gasteiger partial charge in [-0.15, -0.1) is 0 Å². The van der Waals surface area contributed by atoms with Gasteiger partial charge >= 0.3 is 6.09 Å². The second-order valence-corrected chi connectivity index (χ2v) is 13.4. The number of rotatable bonds is 17. The zero-order valence-electron chi connectivity index (χ0n) is 29.4. The van der Waals surface area contributed by atoms with Gasteiger partial charge in [-0.05, 0) is 55.4 Å². The van der Waals surface area contributed by atoms with Crippen LogP contribution in [0.3, 0.4) is 0 Å². The number of nitrogens with zero attached hydrogens (tertiary/aromatic N) is 1. The summed E-state index contributed by atoms with van der Waals surface area (Å²) in [5.74, 6) is -0.625. The average molecular weight is 684 g/mol. The van der Waals surface area contributed by atoms with Crippen LogP contribution in [-0.4, -0.2) is 65.2 Å². The molecule has 0 radical (unpaired) electrons. The summed E-state index contributed by atoms with van der Waals surface area (Å²) in [6.45, 7) is 8.58. The molecule has 5 atom stereocenters. The Balaban J connectivity index is 1.34. The highest BCUT2D eigenvalue weighted by atomic mass is 16.6. The zero-order valence-corrected chi connectivity index (χ0v) is 29.4. The van der Waals surface area contributed by atoms with E-state index < -0.39 is 42.3 Å². The van der Waals surface area contributed by atoms with E-state index >= 15 is 0 Å². The molecule has 1 aliphatic heterocycles. The highest BCUT2D eigenvalue weighted by molar-refractivity contribution is 5.95. The van der Waals surface area contributed by atoms with E-state index in [2.05, 4.69) is 6.07 Å². The fourth-order valence-corrected chi connectivity index (χ4v) is 6.60. The molecule has 9 heteroatoms. The molecular formula is C41H49NO8. The van der Waals surface area contributed by atoms with Gasteiger partial charge in [-0.3, -0.25) is 4.79 Å². The van der Waals surface area contributed by atoms with Gasteiger partial charge in [0.05, 0.1) is 31.8 Å². The molecule has 9 nitrogen and oxygen atoms in total. The van der Waals surface area contributed by atoms with Crippen molar-refractivity contribution in [3.05, 3.63) is 119 Å². The lowest BCUT2D eigenvalue weighted by atomic mass is 9.89. The van der Waals surface area contributed by atoms with Gasteiger partial charge in [-0.1, -0.05) is 104 Å². The van der Waals surface area contributed by atoms with Gasteiger partial charge in [0.15, 0.2) is 0 Å². The van der Waals surface area contributed by atoms with Crippen molar-refractivity contribution in [2.45, 2.75) is 77.9 Å². The standard InChI is InChI=1S/C41H49NO8/c1-27(2)38-29(4)49-41(46)42(38)40(45)35(22-30-14-7-5-8-15-30)39(44)37-23-34(32-18-11-13-28(3)21-32)36(50-37)19-12-20-47-26-33(24-43)48-25-31-16-9-6-10-17-31/h5-11,13-18,21,23,27,29,33,35,38-39,43-44H,12,19-20,22,24-26H2,1-4H3/t29-,33?,35+,38+,39-/m1/s1. The lowest BCUT2D eigenvalue weighted by molar-refractivity contribution is -0.138. The molecule has 3 aromatic carbocycles. The van der Waals surface area contributed by atoms with Gasteiger partial charge in [-0.2, -0.15) is 0 Å². The third-order valence-corrected chi connectivity index (χ3v) is 9.16. The number of aliphatic hydroxyl groups excluding tert-OH is 2. The Morgan fingerprint density at radius 1 is 0.960 bits per heavy atom. The number of amides is 2. The number of cyclic esters (lactones) is 1. The van der Waals surface area contributed by atoms with E-state index in [4.69, 9.17) is 18.6 Å². The summed E-state index contributed by atoms with van der Waals surface area (Å²) in [6.07, 6.45) is -1.62. The summed E-state index contributed by atoms with van der Waals surface area (Å²) in [7, 11) is 0. The van der Waals surface area contributed by atoms with E-state index in [0.717, 1.165) is 27.8 Å². The van der Waals surface area contributed by atoms with Crippen LogP contribution in [0.15, 0.2) is 95.4 Å². The highest BCUT2D eigenvalue weighted by Crippen LogP contribution is 2.37. The van der Waals surface area contributed by atoms with Crippen molar-refractivity contribution in [2.24, 2.45) is 11.8 Å². The number of benzene rings is 3. The van der Waals surface area contributed by atoms with Gasteiger partial charge in [0.2, 0.25) is 5.91 Å². The summed E-state index contributed by atoms with van der Waals surface area (Å²) in [4.78, 5) is 28.5. The number of hydrogen-bond acceptors (Lipinski definition) is 8. The Labute approximate surface area is 294 Å². The van der Waals surface area contributed by atoms with Crippen LogP contribution in [0, 0.1) is 18.8 Å². The fraction of sp³-hybridized carbons (Fsp3) is 0.415. The molecule has 1 aliphatic rings. The third kappa shape index (κ3) is 9.28. The summed E-state index contributed by atoms with van der Waals surface area (Å²) in [6, 6.07) is 28.6. The van der Waals surface area contributed by atoms with Crippen molar-refractivity contribution in [3.8, 4) is 11.1 Å². The molecule has 0 aliphatic carbocycles. The van der Waals surface area contributed by atoms with Crippen molar-refractivity contribution >= 4 is 12.0 Å². The molecule has 5 rings (SSSR count). The van der Waals surface area contributed by atoms with Crippen LogP contribution in [-0.2, 0) is 38.5 Å². The van der Waals surface area contributed by atoms with Crippen molar-refractivity contribution in [1.82, 2.24) is 4.90 Å². The van der Waals surface area contributed by atoms with Crippen molar-refractivity contribution in [3.63, 3.8) is 0 Å². The van der Waals surface area contributed by atoms with E-state index in [-0.39, 0.29) is 31.3 Å². The summed E-state index contributed by atoms with van der Waals surface area (Å²) in [5, 5.41) is 21.8. The normalized spacial score (nSPS) is 17.9. The first kappa shape index (κ1) is 37.0. The molecule has 1 unspecified atom stereocenters. The average Bonchev–Trinajstić information content (AvgIpc) is 3.68. The van der Waals surface area contributed by atoms with Crippen LogP contribution < -0.4 is 0 Å². The number of ether oxygens (including phenoxy) is 3. The Kier molecular flexibility index (Phi) is 13.0. The lowest BCUT2D eigenvalue weighted by Gasteiger charge is -2.30. The van der Waals surface area contributed by atoms with E-state index in [1.54, 1.807) is 6.92 Å². The maximum atomic E-state index is 14.3. The van der Waals surface area contributed by atoms with Gasteiger partial charge in [-0.25, -0.2) is 9.69 Å². The van der Waals surface area contributed by atoms with Gasteiger partial charge in [0, 0.05) is 18.6 Å². The molecule has 2 amide bonds. The van der Waals surface area contributed by atoms with Crippen LogP contribution in [0.1, 0.15) is 61.5 Å². The molecule has 1 fully saturated rings. The number of aryl methyl sites for hydroxylation is 2. The molecule has 1 aromatic heterocycles. The molecule has 0 bridgehead atoms. The third-order valence-electron chi connectivity index (χ3n) is 9.16. The van der Waals surface area contributed by atoms with Crippen LogP contribution in [0.2, 0.25) is 0 Å². The van der Waals surface area contributed by atoms with Crippen molar-refractivity contribution < 1.29 is 38.4 Å². The van der Waals surface area contributed by atoms with Gasteiger partial charge in [0.1, 0.15) is 29.8 Å². The predicted molar refractivity (Wildman–Crippen MR) is 190 cm³/mol. The molecule has 0 spiro atoms. The smallest absolute Gasteiger partial charge is 0.417 e. The first-order valence-electron chi connectivity index (χ1n) is 17.5. The Hall–Kier alpha value is -4.28. The van der Waals surface area contributed by atoms with Crippen LogP contribution in [0.4, 0.5) is 4.79 Å². The van der Waals surface area contributed by atoms with Crippen LogP contribution >= 0.6 is 0 Å². The Morgan fingerprint density at radius 2 is 1.66 bits per heavy atom. The number of hydrogen-bond donors (Lipinski definition) is 2. The SMILES string of the molecule is Cc1cccc(-c2cc([C@H](O)[C@H](Cc3ccccc3)C(=O)N3C(=O)O[C@H](C)[C@@H]3C(C)C)oc2CCCOCC(CO)OCc2ccccc2)c1. The first-order chi connectivity index (χ1) is 24.2. The minimum absolute atomic E-state index is 0.0386. The minimum Gasteiger partial charge on any atom is -0.463 e. The first-order valence-corrected chi connectivity index (χ1v) is 17.5. The van der Waals surface area contributed by atoms with Crippen molar-refractivity contribution in [2.75, 3.05) is 19.8 Å². The zero-order chi connectivity index (χ0) is 35.6. The largest absolute Gasteiger partial charge is 0.463 e. The summed E-state index contributed by atoms with van der Waals surface area (Å²) < 4.78 is 23.6. The maximum absolute atomic E-state index is 14.3. The molecule has 266 valence electrons. The minimum atomic E-state index is -1.33. The second-order valence-electron chi connectivity index (χ2n) is 13.4. The highest BCUT2D eigenvalue weighted by Gasteiger charge is 2.48. The van der Waals surface area contributed by atoms with E-state index in [1.165, 1.54) is 4.90 Å². The Bertz CT molecular complexity index is 1670. The second kappa shape index (κ2) is 17.6. The number of carbonyl (C=O) groups is 2. The molecule has 1 saturated heterocycles. The summed E-state index contributed by atoms with van der Waals surface area (Å²) >= 11 is 0. The number of aliphatic hydroxyl groups is 2. The Morgan fingerprint density at radius 3 is 2.32 bits per heavy atom. The number of furan rings is 1. The summed E-state index contributed by atoms with van der Waals surface area (Å²) in [5.41, 5.74) is 4.70. The van der Waals surface area contributed by atoms with E-state index in [0.29, 0.717) is 31.8 Å². The number of imide groups is 1. The molecule has 2 heterocycles. The van der Waals surface area contributed by atoms with E-state index in [9.17, 15) is 19.8 Å². The molecular weight excluding hydrogens is 634 g/mol. The van der Waals surface area contributed by atoms with Gasteiger partial charge in [0.25, 0.3) is 0 Å². The fourth-order valence-electron chi connectivity index (χ4n) is 6.60. The molecule has 4 aromatic rings. The van der Waals surface area contributed by atoms with E-state index in [1.807, 2.05) is 106 Å². The van der Waals surface area contributed by atoms with Crippen molar-refractivity contribution in [1.29, 1.82) is 0 Å².